The normalized spacial score (nSPS) is 12.6. The van der Waals surface area contributed by atoms with Crippen LogP contribution >= 0.6 is 12.4 Å². The molecule has 1 aliphatic heterocycles. The van der Waals surface area contributed by atoms with E-state index in [0.29, 0.717) is 13.1 Å². The molecule has 3 rings (SSSR count). The first-order chi connectivity index (χ1) is 10.8. The highest BCUT2D eigenvalue weighted by Gasteiger charge is 2.21. The first-order valence-corrected chi connectivity index (χ1v) is 7.83. The summed E-state index contributed by atoms with van der Waals surface area (Å²) in [5.74, 6) is 0.111. The van der Waals surface area contributed by atoms with E-state index in [4.69, 9.17) is 0 Å². The van der Waals surface area contributed by atoms with Crippen molar-refractivity contribution in [2.45, 2.75) is 26.3 Å². The molecule has 2 aromatic rings. The minimum atomic E-state index is 0. The van der Waals surface area contributed by atoms with Gasteiger partial charge in [0.1, 0.15) is 0 Å². The third-order valence-corrected chi connectivity index (χ3v) is 4.12. The van der Waals surface area contributed by atoms with E-state index in [-0.39, 0.29) is 18.3 Å². The molecule has 1 N–H and O–H groups in total. The summed E-state index contributed by atoms with van der Waals surface area (Å²) < 4.78 is 0. The third kappa shape index (κ3) is 3.82. The Hall–Kier alpha value is -2.07. The number of nitrogens with zero attached hydrogens (tertiary/aromatic N) is 2. The van der Waals surface area contributed by atoms with Gasteiger partial charge in [-0.05, 0) is 55.2 Å². The van der Waals surface area contributed by atoms with Crippen LogP contribution in [0.25, 0.3) is 0 Å². The van der Waals surface area contributed by atoms with E-state index in [9.17, 15) is 4.79 Å². The van der Waals surface area contributed by atoms with E-state index in [1.807, 2.05) is 36.1 Å². The number of rotatable bonds is 4. The summed E-state index contributed by atoms with van der Waals surface area (Å²) in [4.78, 5) is 18.9. The van der Waals surface area contributed by atoms with Crippen LogP contribution in [0.1, 0.15) is 34.8 Å². The lowest BCUT2D eigenvalue weighted by Gasteiger charge is -2.25. The Labute approximate surface area is 143 Å². The van der Waals surface area contributed by atoms with Gasteiger partial charge in [0.25, 0.3) is 5.91 Å². The highest BCUT2D eigenvalue weighted by molar-refractivity contribution is 5.97. The molecule has 0 unspecified atom stereocenters. The van der Waals surface area contributed by atoms with Crippen molar-refractivity contribution in [3.05, 3.63) is 59.4 Å². The van der Waals surface area contributed by atoms with Gasteiger partial charge in [-0.2, -0.15) is 0 Å². The van der Waals surface area contributed by atoms with Gasteiger partial charge in [-0.25, -0.2) is 0 Å². The number of aromatic nitrogens is 1. The lowest BCUT2D eigenvalue weighted by atomic mass is 9.96. The maximum Gasteiger partial charge on any atom is 0.254 e. The summed E-state index contributed by atoms with van der Waals surface area (Å²) in [5.41, 5.74) is 4.21. The second kappa shape index (κ2) is 7.97. The maximum atomic E-state index is 12.9. The van der Waals surface area contributed by atoms with Gasteiger partial charge in [-0.3, -0.25) is 9.78 Å². The minimum absolute atomic E-state index is 0. The van der Waals surface area contributed by atoms with E-state index >= 15 is 0 Å². The monoisotopic (exact) mass is 331 g/mol. The van der Waals surface area contributed by atoms with Crippen LogP contribution < -0.4 is 5.32 Å². The summed E-state index contributed by atoms with van der Waals surface area (Å²) in [7, 11) is 0. The molecule has 0 saturated carbocycles. The van der Waals surface area contributed by atoms with Gasteiger partial charge < -0.3 is 10.2 Å². The first kappa shape index (κ1) is 17.3. The van der Waals surface area contributed by atoms with Gasteiger partial charge in [-0.1, -0.05) is 6.07 Å². The Bertz CT molecular complexity index is 661. The fraction of sp³-hybridized carbons (Fsp3) is 0.333. The van der Waals surface area contributed by atoms with Crippen molar-refractivity contribution in [3.8, 4) is 0 Å². The van der Waals surface area contributed by atoms with Crippen LogP contribution in [-0.2, 0) is 13.0 Å². The van der Waals surface area contributed by atoms with Gasteiger partial charge in [-0.15, -0.1) is 12.4 Å². The maximum absolute atomic E-state index is 12.9. The van der Waals surface area contributed by atoms with Crippen LogP contribution in [0.2, 0.25) is 0 Å². The number of hydrogen-bond donors (Lipinski definition) is 1. The highest BCUT2D eigenvalue weighted by Crippen LogP contribution is 2.26. The predicted octanol–water partition coefficient (Wildman–Crippen LogP) is 3.52. The number of benzene rings is 1. The van der Waals surface area contributed by atoms with Crippen LogP contribution in [0.3, 0.4) is 0 Å². The highest BCUT2D eigenvalue weighted by atomic mass is 35.5. The predicted molar refractivity (Wildman–Crippen MR) is 95.2 cm³/mol. The number of halogens is 1. The smallest absolute Gasteiger partial charge is 0.254 e. The van der Waals surface area contributed by atoms with Crippen LogP contribution in [0.15, 0.2) is 42.7 Å². The molecule has 0 spiro atoms. The summed E-state index contributed by atoms with van der Waals surface area (Å²) >= 11 is 0. The number of nitrogens with one attached hydrogen (secondary N) is 1. The summed E-state index contributed by atoms with van der Waals surface area (Å²) in [6.07, 6.45) is 5.58. The lowest BCUT2D eigenvalue weighted by Crippen LogP contribution is -2.31. The largest absolute Gasteiger partial charge is 0.385 e. The molecule has 0 aliphatic carbocycles. The number of carbonyl (C=O) groups excluding carboxylic acids is 1. The molecule has 0 atom stereocenters. The van der Waals surface area contributed by atoms with Crippen molar-refractivity contribution in [3.63, 3.8) is 0 Å². The zero-order valence-electron chi connectivity index (χ0n) is 13.3. The van der Waals surface area contributed by atoms with E-state index in [2.05, 4.69) is 16.4 Å². The minimum Gasteiger partial charge on any atom is -0.385 e. The molecular formula is C18H22ClN3O. The average molecular weight is 332 g/mol. The van der Waals surface area contributed by atoms with E-state index < -0.39 is 0 Å². The van der Waals surface area contributed by atoms with Crippen LogP contribution in [0.4, 0.5) is 5.69 Å². The second-order valence-electron chi connectivity index (χ2n) is 5.54. The van der Waals surface area contributed by atoms with E-state index in [0.717, 1.165) is 41.8 Å². The van der Waals surface area contributed by atoms with Crippen LogP contribution in [0, 0.1) is 0 Å². The van der Waals surface area contributed by atoms with Crippen molar-refractivity contribution in [2.24, 2.45) is 0 Å². The van der Waals surface area contributed by atoms with Crippen LogP contribution in [-0.4, -0.2) is 28.9 Å². The summed E-state index contributed by atoms with van der Waals surface area (Å²) in [6.45, 7) is 4.32. The fourth-order valence-electron chi connectivity index (χ4n) is 2.92. The molecule has 1 aromatic heterocycles. The molecular weight excluding hydrogens is 310 g/mol. The number of amides is 1. The molecule has 1 aromatic carbocycles. The molecule has 0 radical (unpaired) electrons. The summed E-state index contributed by atoms with van der Waals surface area (Å²) in [5, 5.41) is 3.39. The molecule has 0 saturated heterocycles. The van der Waals surface area contributed by atoms with E-state index in [1.54, 1.807) is 12.4 Å². The van der Waals surface area contributed by atoms with E-state index in [1.165, 1.54) is 0 Å². The Morgan fingerprint density at radius 3 is 2.78 bits per heavy atom. The molecule has 0 fully saturated rings. The van der Waals surface area contributed by atoms with Gasteiger partial charge in [0.2, 0.25) is 0 Å². The molecule has 0 bridgehead atoms. The molecule has 1 amide bonds. The number of fused-ring (bicyclic) bond motifs is 1. The Kier molecular flexibility index (Phi) is 5.99. The number of hydrogen-bond acceptors (Lipinski definition) is 3. The third-order valence-electron chi connectivity index (χ3n) is 4.12. The Morgan fingerprint density at radius 1 is 1.26 bits per heavy atom. The quantitative estimate of drug-likeness (QED) is 0.932. The molecule has 4 nitrogen and oxygen atoms in total. The topological polar surface area (TPSA) is 45.2 Å². The fourth-order valence-corrected chi connectivity index (χ4v) is 2.92. The number of pyridine rings is 1. The van der Waals surface area contributed by atoms with Gasteiger partial charge in [0.05, 0.1) is 0 Å². The molecule has 2 heterocycles. The Morgan fingerprint density at radius 2 is 2.04 bits per heavy atom. The van der Waals surface area contributed by atoms with Crippen molar-refractivity contribution in [1.82, 2.24) is 9.88 Å². The first-order valence-electron chi connectivity index (χ1n) is 7.83. The SMILES string of the molecule is CCN(Cc1ccncc1)C(=O)c1cccc2c1CCCN2.Cl. The Balaban J connectivity index is 0.00000192. The van der Waals surface area contributed by atoms with Crippen molar-refractivity contribution in [2.75, 3.05) is 18.4 Å². The number of carbonyl (C=O) groups is 1. The van der Waals surface area contributed by atoms with Gasteiger partial charge in [0, 0.05) is 43.3 Å². The molecule has 23 heavy (non-hydrogen) atoms. The average Bonchev–Trinajstić information content (AvgIpc) is 2.59. The van der Waals surface area contributed by atoms with Crippen molar-refractivity contribution >= 4 is 24.0 Å². The molecule has 5 heteroatoms. The zero-order valence-corrected chi connectivity index (χ0v) is 14.1. The second-order valence-corrected chi connectivity index (χ2v) is 5.54. The van der Waals surface area contributed by atoms with Gasteiger partial charge >= 0.3 is 0 Å². The van der Waals surface area contributed by atoms with Crippen molar-refractivity contribution in [1.29, 1.82) is 0 Å². The van der Waals surface area contributed by atoms with Crippen LogP contribution in [0.5, 0.6) is 0 Å². The molecule has 122 valence electrons. The molecule has 1 aliphatic rings. The summed E-state index contributed by atoms with van der Waals surface area (Å²) in [6, 6.07) is 9.88. The number of anilines is 1. The standard InChI is InChI=1S/C18H21N3O.ClH/c1-2-21(13-14-8-11-19-12-9-14)18(22)16-5-3-7-17-15(16)6-4-10-20-17;/h3,5,7-9,11-12,20H,2,4,6,10,13H2,1H3;1H. The van der Waals surface area contributed by atoms with Gasteiger partial charge in [0.15, 0.2) is 0 Å². The lowest BCUT2D eigenvalue weighted by molar-refractivity contribution is 0.0751. The van der Waals surface area contributed by atoms with Crippen molar-refractivity contribution < 1.29 is 4.79 Å². The zero-order chi connectivity index (χ0) is 15.4.